The minimum atomic E-state index is -0.921. The topological polar surface area (TPSA) is 60.9 Å². The molecule has 86 valence electrons. The number of carboxylic acid groups (broad SMARTS) is 1. The lowest BCUT2D eigenvalue weighted by molar-refractivity contribution is -0.157. The summed E-state index contributed by atoms with van der Waals surface area (Å²) in [6.45, 7) is 4.56. The van der Waals surface area contributed by atoms with Crippen molar-refractivity contribution in [2.45, 2.75) is 32.4 Å². The predicted molar refractivity (Wildman–Crippen MR) is 55.5 cm³/mol. The summed E-state index contributed by atoms with van der Waals surface area (Å²) in [4.78, 5) is 26.0. The molecule has 0 aromatic carbocycles. The van der Waals surface area contributed by atoms with Crippen molar-refractivity contribution in [1.82, 2.24) is 9.80 Å². The molecule has 0 saturated carbocycles. The highest BCUT2D eigenvalue weighted by atomic mass is 16.4. The number of carbonyl (C=O) groups is 2. The van der Waals surface area contributed by atoms with Crippen LogP contribution in [0.1, 0.15) is 20.3 Å². The van der Waals surface area contributed by atoms with E-state index in [1.807, 2.05) is 13.8 Å². The first-order chi connectivity index (χ1) is 6.97. The Labute approximate surface area is 89.7 Å². The highest BCUT2D eigenvalue weighted by molar-refractivity contribution is 5.86. The molecule has 1 fully saturated rings. The molecule has 0 aliphatic carbocycles. The maximum atomic E-state index is 11.7. The van der Waals surface area contributed by atoms with Crippen molar-refractivity contribution in [2.75, 3.05) is 20.1 Å². The standard InChI is InChI=1S/C10H18N2O3/c1-4-7(2)12-8(10(14)15)5-11(3)6-9(12)13/h7-8H,4-6H2,1-3H3,(H,14,15). The second kappa shape index (κ2) is 4.61. The molecule has 0 bridgehead atoms. The summed E-state index contributed by atoms with van der Waals surface area (Å²) in [7, 11) is 1.77. The Hall–Kier alpha value is -1.10. The van der Waals surface area contributed by atoms with Gasteiger partial charge < -0.3 is 10.0 Å². The van der Waals surface area contributed by atoms with Crippen LogP contribution in [0.25, 0.3) is 0 Å². The maximum Gasteiger partial charge on any atom is 0.327 e. The van der Waals surface area contributed by atoms with Gasteiger partial charge in [0.05, 0.1) is 6.54 Å². The number of carbonyl (C=O) groups excluding carboxylic acids is 1. The molecular weight excluding hydrogens is 196 g/mol. The van der Waals surface area contributed by atoms with Gasteiger partial charge in [-0.1, -0.05) is 6.92 Å². The van der Waals surface area contributed by atoms with Gasteiger partial charge in [0.15, 0.2) is 0 Å². The van der Waals surface area contributed by atoms with Crippen LogP contribution < -0.4 is 0 Å². The predicted octanol–water partition coefficient (Wildman–Crippen LogP) is 0.0121. The van der Waals surface area contributed by atoms with Gasteiger partial charge in [-0.05, 0) is 20.4 Å². The van der Waals surface area contributed by atoms with E-state index in [-0.39, 0.29) is 11.9 Å². The van der Waals surface area contributed by atoms with E-state index in [0.29, 0.717) is 13.1 Å². The Morgan fingerprint density at radius 1 is 1.67 bits per heavy atom. The molecule has 5 nitrogen and oxygen atoms in total. The Morgan fingerprint density at radius 3 is 2.73 bits per heavy atom. The van der Waals surface area contributed by atoms with E-state index < -0.39 is 12.0 Å². The molecule has 0 radical (unpaired) electrons. The van der Waals surface area contributed by atoms with Crippen molar-refractivity contribution >= 4 is 11.9 Å². The Balaban J connectivity index is 2.87. The van der Waals surface area contributed by atoms with Gasteiger partial charge in [0.1, 0.15) is 6.04 Å². The van der Waals surface area contributed by atoms with Gasteiger partial charge in [-0.25, -0.2) is 4.79 Å². The fourth-order valence-electron chi connectivity index (χ4n) is 1.88. The van der Waals surface area contributed by atoms with Crippen LogP contribution >= 0.6 is 0 Å². The molecule has 1 aliphatic heterocycles. The van der Waals surface area contributed by atoms with Crippen LogP contribution in [0, 0.1) is 0 Å². The number of hydrogen-bond acceptors (Lipinski definition) is 3. The Kier molecular flexibility index (Phi) is 3.68. The first kappa shape index (κ1) is 12.0. The van der Waals surface area contributed by atoms with Crippen molar-refractivity contribution in [2.24, 2.45) is 0 Å². The molecule has 2 atom stereocenters. The first-order valence-electron chi connectivity index (χ1n) is 5.19. The van der Waals surface area contributed by atoms with Gasteiger partial charge in [-0.2, -0.15) is 0 Å². The highest BCUT2D eigenvalue weighted by Gasteiger charge is 2.37. The molecule has 5 heteroatoms. The summed E-state index contributed by atoms with van der Waals surface area (Å²) in [5.41, 5.74) is 0. The molecule has 0 spiro atoms. The molecule has 1 saturated heterocycles. The van der Waals surface area contributed by atoms with E-state index in [2.05, 4.69) is 0 Å². The minimum Gasteiger partial charge on any atom is -0.480 e. The molecule has 2 unspecified atom stereocenters. The third-order valence-electron chi connectivity index (χ3n) is 2.86. The molecule has 0 aromatic rings. The average molecular weight is 214 g/mol. The Bertz CT molecular complexity index is 267. The zero-order chi connectivity index (χ0) is 11.6. The first-order valence-corrected chi connectivity index (χ1v) is 5.19. The van der Waals surface area contributed by atoms with Crippen molar-refractivity contribution in [3.05, 3.63) is 0 Å². The molecule has 1 rings (SSSR count). The molecule has 1 amide bonds. The van der Waals surface area contributed by atoms with Crippen LogP contribution in [0.5, 0.6) is 0 Å². The van der Waals surface area contributed by atoms with Crippen LogP contribution in [0.2, 0.25) is 0 Å². The Morgan fingerprint density at radius 2 is 2.27 bits per heavy atom. The van der Waals surface area contributed by atoms with E-state index in [1.165, 1.54) is 4.90 Å². The number of amides is 1. The van der Waals surface area contributed by atoms with Gasteiger partial charge >= 0.3 is 5.97 Å². The fourth-order valence-corrected chi connectivity index (χ4v) is 1.88. The van der Waals surface area contributed by atoms with Crippen LogP contribution in [-0.2, 0) is 9.59 Å². The van der Waals surface area contributed by atoms with Crippen molar-refractivity contribution in [3.8, 4) is 0 Å². The zero-order valence-corrected chi connectivity index (χ0v) is 9.43. The quantitative estimate of drug-likeness (QED) is 0.719. The van der Waals surface area contributed by atoms with Crippen LogP contribution in [0.3, 0.4) is 0 Å². The monoisotopic (exact) mass is 214 g/mol. The largest absolute Gasteiger partial charge is 0.480 e. The summed E-state index contributed by atoms with van der Waals surface area (Å²) < 4.78 is 0. The summed E-state index contributed by atoms with van der Waals surface area (Å²) in [5.74, 6) is -1.01. The number of piperazine rings is 1. The van der Waals surface area contributed by atoms with Gasteiger partial charge in [-0.15, -0.1) is 0 Å². The summed E-state index contributed by atoms with van der Waals surface area (Å²) in [5, 5.41) is 9.07. The molecular formula is C10H18N2O3. The number of rotatable bonds is 3. The lowest BCUT2D eigenvalue weighted by Crippen LogP contribution is -2.60. The van der Waals surface area contributed by atoms with E-state index in [4.69, 9.17) is 5.11 Å². The highest BCUT2D eigenvalue weighted by Crippen LogP contribution is 2.15. The average Bonchev–Trinajstić information content (AvgIpc) is 2.15. The minimum absolute atomic E-state index is 0.00713. The van der Waals surface area contributed by atoms with Crippen LogP contribution in [0.4, 0.5) is 0 Å². The zero-order valence-electron chi connectivity index (χ0n) is 9.43. The van der Waals surface area contributed by atoms with E-state index in [0.717, 1.165) is 6.42 Å². The summed E-state index contributed by atoms with van der Waals surface area (Å²) in [6.07, 6.45) is 0.777. The molecule has 0 aromatic heterocycles. The van der Waals surface area contributed by atoms with Crippen molar-refractivity contribution in [1.29, 1.82) is 0 Å². The lowest BCUT2D eigenvalue weighted by Gasteiger charge is -2.40. The molecule has 15 heavy (non-hydrogen) atoms. The van der Waals surface area contributed by atoms with Gasteiger partial charge in [0, 0.05) is 12.6 Å². The number of hydrogen-bond donors (Lipinski definition) is 1. The number of carboxylic acids is 1. The maximum absolute atomic E-state index is 11.7. The number of likely N-dealkylation sites (N-methyl/N-ethyl adjacent to an activating group) is 1. The number of aliphatic carboxylic acids is 1. The fraction of sp³-hybridized carbons (Fsp3) is 0.800. The molecule has 1 N–H and O–H groups in total. The molecule has 1 heterocycles. The van der Waals surface area contributed by atoms with E-state index >= 15 is 0 Å². The van der Waals surface area contributed by atoms with Crippen molar-refractivity contribution in [3.63, 3.8) is 0 Å². The third kappa shape index (κ3) is 2.47. The summed E-state index contributed by atoms with van der Waals surface area (Å²) >= 11 is 0. The lowest BCUT2D eigenvalue weighted by atomic mass is 10.1. The van der Waals surface area contributed by atoms with Gasteiger partial charge in [0.2, 0.25) is 5.91 Å². The number of nitrogens with zero attached hydrogens (tertiary/aromatic N) is 2. The van der Waals surface area contributed by atoms with E-state index in [9.17, 15) is 9.59 Å². The summed E-state index contributed by atoms with van der Waals surface area (Å²) in [6, 6.07) is -0.710. The smallest absolute Gasteiger partial charge is 0.327 e. The second-order valence-electron chi connectivity index (χ2n) is 4.11. The van der Waals surface area contributed by atoms with Gasteiger partial charge in [-0.3, -0.25) is 9.69 Å². The SMILES string of the molecule is CCC(C)N1C(=O)CN(C)CC1C(=O)O. The van der Waals surface area contributed by atoms with Crippen molar-refractivity contribution < 1.29 is 14.7 Å². The van der Waals surface area contributed by atoms with Gasteiger partial charge in [0.25, 0.3) is 0 Å². The molecule has 1 aliphatic rings. The second-order valence-corrected chi connectivity index (χ2v) is 4.11. The van der Waals surface area contributed by atoms with Crippen LogP contribution in [0.15, 0.2) is 0 Å². The third-order valence-corrected chi connectivity index (χ3v) is 2.86. The van der Waals surface area contributed by atoms with E-state index in [1.54, 1.807) is 11.9 Å². The van der Waals surface area contributed by atoms with Crippen LogP contribution in [-0.4, -0.2) is 59.0 Å². The normalized spacial score (nSPS) is 25.4.